The van der Waals surface area contributed by atoms with Crippen LogP contribution in [0.15, 0.2) is 72.8 Å². The third-order valence-electron chi connectivity index (χ3n) is 16.5. The van der Waals surface area contributed by atoms with E-state index in [1.165, 1.54) is 48.9 Å². The third kappa shape index (κ3) is 27.9. The number of aromatic nitrogens is 4. The Labute approximate surface area is 716 Å². The summed E-state index contributed by atoms with van der Waals surface area (Å²) < 4.78 is 38.0. The molecule has 0 radical (unpaired) electrons. The van der Waals surface area contributed by atoms with E-state index in [1.54, 1.807) is 136 Å². The summed E-state index contributed by atoms with van der Waals surface area (Å²) in [6.07, 6.45) is 0.293. The SMILES string of the molecule is CC(C)(O)C#Cc1ccc2c(c1)-c1nc(C(N)=O)sc1C(CC(=O)O)CO2.CN(C)C(=O)CC1COc2ccc(C#CC(C)(C)O)cc2-c2nc(C(N)=O)sc21.CNC.CO.COC(=O)CC1COc2ccc(C#CC(C)(C)O)cc2-c2nc(C(=O)OC)sc21.COC(=O)CC1COc2ccc(C#CC(C)(C)O)cc2-c2nc(C(N)=O)sc21.Cl.N. The molecule has 4 aromatic heterocycles. The van der Waals surface area contributed by atoms with Gasteiger partial charge in [0.2, 0.25) is 10.9 Å². The smallest absolute Gasteiger partial charge is 0.367 e. The molecule has 0 bridgehead atoms. The first kappa shape index (κ1) is 99.2. The number of methoxy groups -OCH3 is 3. The first-order valence-corrected chi connectivity index (χ1v) is 39.5. The van der Waals surface area contributed by atoms with E-state index in [9.17, 15) is 63.9 Å². The lowest BCUT2D eigenvalue weighted by atomic mass is 9.99. The summed E-state index contributed by atoms with van der Waals surface area (Å²) >= 11 is 4.62. The molecule has 8 aromatic rings. The molecule has 4 amide bonds. The maximum Gasteiger partial charge on any atom is 0.367 e. The van der Waals surface area contributed by atoms with Crippen LogP contribution in [0.5, 0.6) is 23.0 Å². The molecule has 8 heterocycles. The number of carboxylic acid groups (broad SMARTS) is 1. The Morgan fingerprint density at radius 3 is 0.917 bits per heavy atom. The normalized spacial score (nSPS) is 14.5. The number of carboxylic acids is 1. The highest BCUT2D eigenvalue weighted by molar-refractivity contribution is 7.15. The number of aliphatic hydroxyl groups is 5. The molecule has 120 heavy (non-hydrogen) atoms. The fourth-order valence-electron chi connectivity index (χ4n) is 11.1. The largest absolute Gasteiger partial charge is 0.492 e. The average molecular weight is 1750 g/mol. The molecule has 36 heteroatoms. The summed E-state index contributed by atoms with van der Waals surface area (Å²) in [5, 5.41) is 58.9. The number of nitrogens with one attached hydrogen (secondary N) is 1. The zero-order valence-electron chi connectivity index (χ0n) is 68.9. The van der Waals surface area contributed by atoms with Crippen LogP contribution in [0.4, 0.5) is 0 Å². The topological polar surface area (TPSA) is 502 Å². The van der Waals surface area contributed by atoms with Crippen molar-refractivity contribution in [1.82, 2.24) is 36.3 Å². The minimum Gasteiger partial charge on any atom is -0.492 e. The second-order valence-electron chi connectivity index (χ2n) is 28.8. The minimum atomic E-state index is -1.14. The molecule has 0 fully saturated rings. The number of carbonyl (C=O) groups is 8. The second kappa shape index (κ2) is 43.5. The van der Waals surface area contributed by atoms with Crippen LogP contribution in [0.25, 0.3) is 45.0 Å². The van der Waals surface area contributed by atoms with Gasteiger partial charge in [-0.15, -0.1) is 57.8 Å². The van der Waals surface area contributed by atoms with E-state index in [0.29, 0.717) is 95.2 Å². The standard InChI is InChI=1S/C21H23N3O4S.C21H21NO6S.C20H20N2O5S.C19H18N2O5S.C2H7N.CH4O.ClH.H3N/c1-21(2,27)8-7-12-5-6-15-14(9-12)17-18(29-20(23-17)19(22)26)13(11-28-15)10-16(25)24(3)4;1-21(2,25)8-7-12-5-6-15-14(9-12)17-18(29-19(22-17)20(24)27-4)13(11-28-15)10-16(23)26-3;1-20(2,25)7-6-11-4-5-14-13(8-11)16-17(28-19(22-16)18(21)24)12(10-27-14)9-15(23)26-3;1-19(2,25)6-5-10-3-4-13-12(7-10)15-16(27-18(21-15)17(20)24)11(9-26-13)8-14(22)23;1-3-2;1-2;;/h5-6,9,13,27H,10-11H2,1-4H3,(H2,22,26);5-6,9,13,25H,10-11H2,1-4H3;4-5,8,12,25H,9-10H2,1-3H3,(H2,21,24);3-4,7,11,25H,8-9H2,1-2H3,(H2,20,24)(H,22,23);3H,1-2H3;2H,1H3;1H;1H3. The number of carbonyl (C=O) groups excluding carboxylic acids is 7. The van der Waals surface area contributed by atoms with Crippen LogP contribution in [0.1, 0.15) is 186 Å². The van der Waals surface area contributed by atoms with Crippen molar-refractivity contribution in [2.75, 3.05) is 83.1 Å². The molecule has 4 aliphatic rings. The number of benzene rings is 4. The quantitative estimate of drug-likeness (QED) is 0.0309. The van der Waals surface area contributed by atoms with Gasteiger partial charge in [-0.05, 0) is 142 Å². The third-order valence-corrected chi connectivity index (χ3v) is 21.4. The molecule has 4 aromatic carbocycles. The Hall–Kier alpha value is -11.4. The fourth-order valence-corrected chi connectivity index (χ4v) is 15.2. The molecular formula is C84H97ClN10O21S4. The number of fused-ring (bicyclic) bond motifs is 12. The number of rotatable bonds is 12. The highest BCUT2D eigenvalue weighted by Gasteiger charge is 2.36. The van der Waals surface area contributed by atoms with Crippen molar-refractivity contribution < 1.29 is 102 Å². The van der Waals surface area contributed by atoms with Gasteiger partial charge in [0, 0.05) is 115 Å². The molecule has 0 spiro atoms. The maximum absolute atomic E-state index is 12.3. The molecule has 4 unspecified atom stereocenters. The van der Waals surface area contributed by atoms with Gasteiger partial charge in [0.25, 0.3) is 17.7 Å². The van der Waals surface area contributed by atoms with Gasteiger partial charge < -0.3 is 97.4 Å². The van der Waals surface area contributed by atoms with E-state index in [1.807, 2.05) is 20.2 Å². The fraction of sp³-hybridized carbons (Fsp3) is 0.381. The highest BCUT2D eigenvalue weighted by atomic mass is 35.5. The molecule has 31 nitrogen and oxygen atoms in total. The first-order valence-electron chi connectivity index (χ1n) is 36.2. The Bertz CT molecular complexity index is 5350. The lowest BCUT2D eigenvalue weighted by molar-refractivity contribution is -0.142. The zero-order valence-corrected chi connectivity index (χ0v) is 73.0. The van der Waals surface area contributed by atoms with E-state index in [0.717, 1.165) is 44.4 Å². The predicted molar refractivity (Wildman–Crippen MR) is 457 cm³/mol. The molecule has 4 atom stereocenters. The van der Waals surface area contributed by atoms with Crippen LogP contribution in [0.2, 0.25) is 0 Å². The van der Waals surface area contributed by atoms with Gasteiger partial charge in [0.15, 0.2) is 15.0 Å². The van der Waals surface area contributed by atoms with E-state index >= 15 is 0 Å². The van der Waals surface area contributed by atoms with Gasteiger partial charge >= 0.3 is 23.9 Å². The molecule has 12 rings (SSSR count). The van der Waals surface area contributed by atoms with E-state index in [-0.39, 0.29) is 126 Å². The Morgan fingerprint density at radius 2 is 0.692 bits per heavy atom. The summed E-state index contributed by atoms with van der Waals surface area (Å²) in [6.45, 7) is 13.7. The van der Waals surface area contributed by atoms with Crippen molar-refractivity contribution in [3.63, 3.8) is 0 Å². The van der Waals surface area contributed by atoms with Crippen molar-refractivity contribution in [1.29, 1.82) is 0 Å². The van der Waals surface area contributed by atoms with Crippen LogP contribution in [-0.2, 0) is 33.4 Å². The summed E-state index contributed by atoms with van der Waals surface area (Å²) in [5.74, 6) is 19.5. The molecule has 16 N–H and O–H groups in total. The number of halogens is 1. The lowest BCUT2D eigenvalue weighted by Gasteiger charge is -2.17. The number of ether oxygens (including phenoxy) is 7. The molecule has 4 aliphatic heterocycles. The van der Waals surface area contributed by atoms with E-state index < -0.39 is 58.0 Å². The van der Waals surface area contributed by atoms with Crippen molar-refractivity contribution >= 4 is 105 Å². The molecule has 640 valence electrons. The van der Waals surface area contributed by atoms with Gasteiger partial charge in [0.05, 0.1) is 89.8 Å². The zero-order chi connectivity index (χ0) is 87.5. The number of thiazole rings is 4. The predicted octanol–water partition coefficient (Wildman–Crippen LogP) is 8.82. The Morgan fingerprint density at radius 1 is 0.450 bits per heavy atom. The molecular weight excluding hydrogens is 1650 g/mol. The van der Waals surface area contributed by atoms with E-state index in [4.69, 9.17) is 55.5 Å². The number of hydrogen-bond acceptors (Lipinski definition) is 30. The van der Waals surface area contributed by atoms with Crippen LogP contribution < -0.4 is 47.6 Å². The Kier molecular flexibility index (Phi) is 36.0. The number of nitrogens with two attached hydrogens (primary N) is 3. The summed E-state index contributed by atoms with van der Waals surface area (Å²) in [5.41, 5.74) is 19.2. The van der Waals surface area contributed by atoms with Crippen LogP contribution in [-0.4, -0.2) is 208 Å². The van der Waals surface area contributed by atoms with Crippen molar-refractivity contribution in [3.8, 4) is 115 Å². The number of aliphatic carboxylic acids is 1. The maximum atomic E-state index is 12.3. The summed E-state index contributed by atoms with van der Waals surface area (Å²) in [4.78, 5) is 116. The Balaban J connectivity index is 0.000000278. The minimum absolute atomic E-state index is 0. The van der Waals surface area contributed by atoms with Gasteiger partial charge in [-0.3, -0.25) is 33.6 Å². The van der Waals surface area contributed by atoms with Gasteiger partial charge in [-0.2, -0.15) is 0 Å². The van der Waals surface area contributed by atoms with Crippen molar-refractivity contribution in [2.45, 2.75) is 127 Å². The summed E-state index contributed by atoms with van der Waals surface area (Å²) in [6, 6.07) is 21.3. The molecule has 0 aliphatic carbocycles. The number of hydrogen-bond donors (Lipinski definition) is 11. The lowest BCUT2D eigenvalue weighted by Crippen LogP contribution is -2.25. The number of aliphatic hydroxyl groups excluding tert-OH is 1. The highest BCUT2D eigenvalue weighted by Crippen LogP contribution is 2.48. The molecule has 0 saturated heterocycles. The van der Waals surface area contributed by atoms with E-state index in [2.05, 4.69) is 72.6 Å². The number of primary amides is 3. The van der Waals surface area contributed by atoms with Gasteiger partial charge in [-0.25, -0.2) is 24.7 Å². The number of esters is 3. The van der Waals surface area contributed by atoms with Crippen LogP contribution in [0, 0.1) is 47.4 Å². The monoisotopic (exact) mass is 1740 g/mol. The van der Waals surface area contributed by atoms with Crippen molar-refractivity contribution in [3.05, 3.63) is 135 Å². The summed E-state index contributed by atoms with van der Waals surface area (Å²) in [7, 11) is 12.1. The average Bonchev–Trinajstić information content (AvgIpc) is 1.77. The van der Waals surface area contributed by atoms with Crippen LogP contribution in [0.3, 0.4) is 0 Å². The number of amides is 4. The second-order valence-corrected chi connectivity index (χ2v) is 32.9. The first-order chi connectivity index (χ1) is 55.5. The van der Waals surface area contributed by atoms with Gasteiger partial charge in [0.1, 0.15) is 45.4 Å². The van der Waals surface area contributed by atoms with Crippen LogP contribution >= 0.6 is 57.8 Å². The van der Waals surface area contributed by atoms with Crippen molar-refractivity contribution in [2.24, 2.45) is 17.2 Å². The van der Waals surface area contributed by atoms with Gasteiger partial charge in [-0.1, -0.05) is 47.4 Å². The number of nitrogens with zero attached hydrogens (tertiary/aromatic N) is 5. The molecule has 0 saturated carbocycles.